The number of carbonyl (C=O) groups excluding carboxylic acids is 1. The maximum atomic E-state index is 12.7. The van der Waals surface area contributed by atoms with Crippen molar-refractivity contribution in [3.05, 3.63) is 30.9 Å². The number of nitrogens with one attached hydrogen (secondary N) is 2. The van der Waals surface area contributed by atoms with Gasteiger partial charge in [0.25, 0.3) is 0 Å². The largest absolute Gasteiger partial charge is 0.381 e. The molecule has 5 rings (SSSR count). The average molecular weight is 435 g/mol. The van der Waals surface area contributed by atoms with E-state index in [0.717, 1.165) is 37.7 Å². The summed E-state index contributed by atoms with van der Waals surface area (Å²) in [6.07, 6.45) is 10.7. The molecule has 2 aliphatic rings. The van der Waals surface area contributed by atoms with Gasteiger partial charge in [0.2, 0.25) is 5.91 Å². The van der Waals surface area contributed by atoms with Crippen LogP contribution in [0.15, 0.2) is 30.9 Å². The number of pyridine rings is 1. The van der Waals surface area contributed by atoms with E-state index in [-0.39, 0.29) is 12.5 Å². The van der Waals surface area contributed by atoms with E-state index in [2.05, 4.69) is 30.5 Å². The lowest BCUT2D eigenvalue weighted by molar-refractivity contribution is -0.117. The zero-order chi connectivity index (χ0) is 21.9. The number of anilines is 2. The number of methoxy groups -OCH3 is 1. The van der Waals surface area contributed by atoms with Gasteiger partial charge in [-0.05, 0) is 50.2 Å². The highest BCUT2D eigenvalue weighted by atomic mass is 16.5. The molecule has 0 aromatic carbocycles. The molecule has 1 aliphatic carbocycles. The van der Waals surface area contributed by atoms with Crippen molar-refractivity contribution in [3.8, 4) is 22.8 Å². The van der Waals surface area contributed by atoms with E-state index in [1.165, 1.54) is 6.33 Å². The molecule has 10 nitrogen and oxygen atoms in total. The highest BCUT2D eigenvalue weighted by Gasteiger charge is 2.28. The molecule has 0 bridgehead atoms. The summed E-state index contributed by atoms with van der Waals surface area (Å²) in [7, 11) is 1.79. The first-order chi connectivity index (χ1) is 15.7. The third-order valence-corrected chi connectivity index (χ3v) is 6.32. The Kier molecular flexibility index (Phi) is 5.76. The van der Waals surface area contributed by atoms with Crippen LogP contribution in [0.1, 0.15) is 32.1 Å². The van der Waals surface area contributed by atoms with Gasteiger partial charge in [-0.2, -0.15) is 5.10 Å². The number of amides is 1. The molecule has 0 atom stereocenters. The van der Waals surface area contributed by atoms with Crippen LogP contribution in [0.4, 0.5) is 11.6 Å². The monoisotopic (exact) mass is 434 g/mol. The standard InChI is InChI=1S/C22H26N8O2/c1-32-16-5-2-14(3-6-16)8-9-30-19(31)12-25-21-22(30)28-18(11-24-21)15-4-7-17(23-10-15)20-26-13-27-29-20/h4,7,10-11,13-14,16H,2-3,5-6,8-9,12H2,1H3,(H,24,25)(H,26,27,29). The molecule has 1 amide bonds. The van der Waals surface area contributed by atoms with Gasteiger partial charge < -0.3 is 10.1 Å². The second kappa shape index (κ2) is 8.99. The molecule has 1 aliphatic heterocycles. The fraction of sp³-hybridized carbons (Fsp3) is 0.455. The predicted molar refractivity (Wildman–Crippen MR) is 119 cm³/mol. The van der Waals surface area contributed by atoms with Crippen molar-refractivity contribution in [2.24, 2.45) is 5.92 Å². The molecule has 0 unspecified atom stereocenters. The van der Waals surface area contributed by atoms with Crippen LogP contribution in [0.5, 0.6) is 0 Å². The van der Waals surface area contributed by atoms with Crippen molar-refractivity contribution in [1.29, 1.82) is 0 Å². The summed E-state index contributed by atoms with van der Waals surface area (Å²) in [5, 5.41) is 9.74. The first-order valence-electron chi connectivity index (χ1n) is 11.0. The molecule has 0 spiro atoms. The maximum absolute atomic E-state index is 12.7. The van der Waals surface area contributed by atoms with Crippen molar-refractivity contribution in [1.82, 2.24) is 30.1 Å². The molecule has 3 aromatic heterocycles. The number of nitrogens with zero attached hydrogens (tertiary/aromatic N) is 6. The molecular weight excluding hydrogens is 408 g/mol. The third-order valence-electron chi connectivity index (χ3n) is 6.32. The van der Waals surface area contributed by atoms with Crippen LogP contribution < -0.4 is 10.2 Å². The van der Waals surface area contributed by atoms with Gasteiger partial charge in [-0.1, -0.05) is 0 Å². The summed E-state index contributed by atoms with van der Waals surface area (Å²) in [6, 6.07) is 3.77. The lowest BCUT2D eigenvalue weighted by atomic mass is 9.85. The normalized spacial score (nSPS) is 20.7. The van der Waals surface area contributed by atoms with Crippen molar-refractivity contribution in [2.45, 2.75) is 38.2 Å². The molecule has 166 valence electrons. The zero-order valence-corrected chi connectivity index (χ0v) is 18.0. The maximum Gasteiger partial charge on any atom is 0.247 e. The number of fused-ring (bicyclic) bond motifs is 1. The number of H-pyrrole nitrogens is 1. The quantitative estimate of drug-likeness (QED) is 0.607. The Morgan fingerprint density at radius 1 is 1.09 bits per heavy atom. The molecule has 1 saturated carbocycles. The molecule has 0 saturated heterocycles. The molecule has 2 N–H and O–H groups in total. The number of hydrogen-bond acceptors (Lipinski definition) is 8. The van der Waals surface area contributed by atoms with Crippen LogP contribution in [0.2, 0.25) is 0 Å². The third kappa shape index (κ3) is 4.18. The van der Waals surface area contributed by atoms with Crippen molar-refractivity contribution < 1.29 is 9.53 Å². The van der Waals surface area contributed by atoms with E-state index in [9.17, 15) is 4.79 Å². The van der Waals surface area contributed by atoms with Crippen LogP contribution >= 0.6 is 0 Å². The molecule has 32 heavy (non-hydrogen) atoms. The first-order valence-corrected chi connectivity index (χ1v) is 11.0. The number of ether oxygens (including phenoxy) is 1. The van der Waals surface area contributed by atoms with Crippen molar-refractivity contribution in [3.63, 3.8) is 0 Å². The van der Waals surface area contributed by atoms with E-state index in [0.29, 0.717) is 47.4 Å². The summed E-state index contributed by atoms with van der Waals surface area (Å²) in [6.45, 7) is 0.890. The average Bonchev–Trinajstić information content (AvgIpc) is 3.39. The Morgan fingerprint density at radius 3 is 2.69 bits per heavy atom. The predicted octanol–water partition coefficient (Wildman–Crippen LogP) is 2.68. The molecular formula is C22H26N8O2. The summed E-state index contributed by atoms with van der Waals surface area (Å²) in [5.41, 5.74) is 2.18. The first kappa shape index (κ1) is 20.5. The fourth-order valence-corrected chi connectivity index (χ4v) is 4.42. The summed E-state index contributed by atoms with van der Waals surface area (Å²) < 4.78 is 5.48. The Bertz CT molecular complexity index is 1060. The molecule has 0 radical (unpaired) electrons. The minimum absolute atomic E-state index is 0.0216. The minimum Gasteiger partial charge on any atom is -0.381 e. The van der Waals surface area contributed by atoms with Crippen LogP contribution in [0.25, 0.3) is 22.8 Å². The number of rotatable bonds is 6. The van der Waals surface area contributed by atoms with Crippen molar-refractivity contribution in [2.75, 3.05) is 30.4 Å². The van der Waals surface area contributed by atoms with Gasteiger partial charge in [-0.3, -0.25) is 19.8 Å². The summed E-state index contributed by atoms with van der Waals surface area (Å²) in [5.74, 6) is 2.46. The van der Waals surface area contributed by atoms with Gasteiger partial charge in [-0.15, -0.1) is 0 Å². The van der Waals surface area contributed by atoms with E-state index >= 15 is 0 Å². The van der Waals surface area contributed by atoms with Gasteiger partial charge in [0.15, 0.2) is 17.5 Å². The van der Waals surface area contributed by atoms with Gasteiger partial charge >= 0.3 is 0 Å². The molecule has 4 heterocycles. The van der Waals surface area contributed by atoms with Crippen LogP contribution in [0.3, 0.4) is 0 Å². The number of aromatic amines is 1. The number of carbonyl (C=O) groups is 1. The molecule has 1 fully saturated rings. The van der Waals surface area contributed by atoms with E-state index in [1.54, 1.807) is 24.4 Å². The van der Waals surface area contributed by atoms with Crippen molar-refractivity contribution >= 4 is 17.5 Å². The summed E-state index contributed by atoms with van der Waals surface area (Å²) >= 11 is 0. The zero-order valence-electron chi connectivity index (χ0n) is 18.0. The Morgan fingerprint density at radius 2 is 1.97 bits per heavy atom. The van der Waals surface area contributed by atoms with E-state index < -0.39 is 0 Å². The van der Waals surface area contributed by atoms with Crippen LogP contribution in [-0.2, 0) is 9.53 Å². The SMILES string of the molecule is COC1CCC(CCN2C(=O)CNc3ncc(-c4ccc(-c5ncn[nH]5)nc4)nc32)CC1. The fourth-order valence-electron chi connectivity index (χ4n) is 4.42. The van der Waals surface area contributed by atoms with Crippen LogP contribution in [-0.4, -0.2) is 62.3 Å². The number of aromatic nitrogens is 6. The van der Waals surface area contributed by atoms with E-state index in [1.807, 2.05) is 12.1 Å². The Hall–Kier alpha value is -3.40. The molecule has 10 heteroatoms. The second-order valence-corrected chi connectivity index (χ2v) is 8.26. The highest BCUT2D eigenvalue weighted by molar-refractivity contribution is 6.00. The Labute approximate surface area is 185 Å². The topological polar surface area (TPSA) is 122 Å². The van der Waals surface area contributed by atoms with Gasteiger partial charge in [0, 0.05) is 25.4 Å². The summed E-state index contributed by atoms with van der Waals surface area (Å²) in [4.78, 5) is 32.3. The van der Waals surface area contributed by atoms with Gasteiger partial charge in [0.05, 0.1) is 24.5 Å². The van der Waals surface area contributed by atoms with Gasteiger partial charge in [0.1, 0.15) is 12.0 Å². The Balaban J connectivity index is 1.33. The molecule has 3 aromatic rings. The lowest BCUT2D eigenvalue weighted by Gasteiger charge is -2.32. The highest BCUT2D eigenvalue weighted by Crippen LogP contribution is 2.32. The number of hydrogen-bond donors (Lipinski definition) is 2. The second-order valence-electron chi connectivity index (χ2n) is 8.26. The minimum atomic E-state index is 0.0216. The van der Waals surface area contributed by atoms with E-state index in [4.69, 9.17) is 9.72 Å². The van der Waals surface area contributed by atoms with Crippen LogP contribution in [0, 0.1) is 5.92 Å². The van der Waals surface area contributed by atoms with Gasteiger partial charge in [-0.25, -0.2) is 15.0 Å². The smallest absolute Gasteiger partial charge is 0.247 e. The lowest BCUT2D eigenvalue weighted by Crippen LogP contribution is -2.42.